The van der Waals surface area contributed by atoms with E-state index in [0.29, 0.717) is 16.3 Å². The molecule has 0 aliphatic heterocycles. The van der Waals surface area contributed by atoms with Gasteiger partial charge in [0, 0.05) is 11.2 Å². The lowest BCUT2D eigenvalue weighted by Crippen LogP contribution is -2.29. The second-order valence-electron chi connectivity index (χ2n) is 5.56. The topological polar surface area (TPSA) is 74.9 Å². The average Bonchev–Trinajstić information content (AvgIpc) is 2.65. The summed E-state index contributed by atoms with van der Waals surface area (Å²) in [4.78, 5) is 25.2. The van der Waals surface area contributed by atoms with Gasteiger partial charge in [-0.25, -0.2) is 0 Å². The van der Waals surface area contributed by atoms with E-state index < -0.39 is 11.5 Å². The maximum Gasteiger partial charge on any atom is 0.263 e. The molecule has 0 saturated carbocycles. The van der Waals surface area contributed by atoms with Gasteiger partial charge in [0.05, 0.1) is 17.8 Å². The Balaban J connectivity index is 1.90. The highest BCUT2D eigenvalue weighted by molar-refractivity contribution is 6.31. The molecule has 0 aliphatic rings. The summed E-state index contributed by atoms with van der Waals surface area (Å²) in [5.74, 6) is -0.564. The van der Waals surface area contributed by atoms with Crippen LogP contribution in [0.4, 0.5) is 5.69 Å². The number of carbonyl (C=O) groups is 1. The van der Waals surface area contributed by atoms with Crippen LogP contribution in [0.25, 0.3) is 0 Å². The Bertz CT molecular complexity index is 1070. The van der Waals surface area contributed by atoms with Crippen LogP contribution >= 0.6 is 11.6 Å². The van der Waals surface area contributed by atoms with Gasteiger partial charge >= 0.3 is 0 Å². The van der Waals surface area contributed by atoms with E-state index in [2.05, 4.69) is 5.32 Å². The molecule has 0 atom stereocenters. The molecule has 0 spiro atoms. The van der Waals surface area contributed by atoms with Gasteiger partial charge in [-0.2, -0.15) is 5.26 Å². The first-order chi connectivity index (χ1) is 12.6. The van der Waals surface area contributed by atoms with Crippen molar-refractivity contribution in [1.82, 2.24) is 4.57 Å². The van der Waals surface area contributed by atoms with Crippen molar-refractivity contribution in [3.63, 3.8) is 0 Å². The van der Waals surface area contributed by atoms with Crippen LogP contribution in [-0.4, -0.2) is 10.5 Å². The van der Waals surface area contributed by atoms with Crippen molar-refractivity contribution in [1.29, 1.82) is 5.26 Å². The van der Waals surface area contributed by atoms with Crippen LogP contribution in [0.15, 0.2) is 71.7 Å². The summed E-state index contributed by atoms with van der Waals surface area (Å²) in [5.41, 5.74) is 1.03. The summed E-state index contributed by atoms with van der Waals surface area (Å²) >= 11 is 6.14. The summed E-state index contributed by atoms with van der Waals surface area (Å²) in [6, 6.07) is 18.9. The summed E-state index contributed by atoms with van der Waals surface area (Å²) < 4.78 is 1.42. The third-order valence-corrected chi connectivity index (χ3v) is 4.23. The summed E-state index contributed by atoms with van der Waals surface area (Å²) in [7, 11) is 0. The van der Waals surface area contributed by atoms with E-state index in [-0.39, 0.29) is 12.1 Å². The predicted octanol–water partition coefficient (Wildman–Crippen LogP) is 3.67. The quantitative estimate of drug-likeness (QED) is 0.768. The molecule has 5 nitrogen and oxygen atoms in total. The number of pyridine rings is 1. The molecule has 0 radical (unpaired) electrons. The minimum Gasteiger partial charge on any atom is -0.321 e. The van der Waals surface area contributed by atoms with Crippen molar-refractivity contribution in [3.8, 4) is 6.07 Å². The molecule has 0 saturated heterocycles. The molecule has 6 heteroatoms. The number of hydrogen-bond donors (Lipinski definition) is 1. The zero-order valence-electron chi connectivity index (χ0n) is 13.6. The molecular weight excluding hydrogens is 350 g/mol. The molecule has 0 bridgehead atoms. The molecule has 1 aromatic heterocycles. The first-order valence-corrected chi connectivity index (χ1v) is 8.21. The lowest BCUT2D eigenvalue weighted by Gasteiger charge is -2.10. The fraction of sp³-hybridized carbons (Fsp3) is 0.0500. The van der Waals surface area contributed by atoms with Crippen molar-refractivity contribution in [2.24, 2.45) is 0 Å². The Labute approximate surface area is 155 Å². The molecule has 3 rings (SSSR count). The normalized spacial score (nSPS) is 10.2. The van der Waals surface area contributed by atoms with Crippen LogP contribution in [0, 0.1) is 11.3 Å². The minimum absolute atomic E-state index is 0.00713. The molecule has 0 aliphatic carbocycles. The number of nitrogens with one attached hydrogen (secondary N) is 1. The van der Waals surface area contributed by atoms with Crippen LogP contribution < -0.4 is 10.9 Å². The van der Waals surface area contributed by atoms with Gasteiger partial charge in [-0.1, -0.05) is 41.9 Å². The highest BCUT2D eigenvalue weighted by atomic mass is 35.5. The number of hydrogen-bond acceptors (Lipinski definition) is 3. The molecule has 0 fully saturated rings. The predicted molar refractivity (Wildman–Crippen MR) is 100 cm³/mol. The number of nitriles is 1. The van der Waals surface area contributed by atoms with Crippen LogP contribution in [0.5, 0.6) is 0 Å². The molecule has 128 valence electrons. The third-order valence-electron chi connectivity index (χ3n) is 3.86. The standard InChI is InChI=1S/C20H14ClN3O2/c21-17-9-3-1-7-15(17)13-24-11-5-8-16(20(24)26)19(25)23-18-10-4-2-6-14(18)12-22/h1-11H,13H2,(H,23,25). The van der Waals surface area contributed by atoms with Gasteiger partial charge in [0.1, 0.15) is 11.6 Å². The van der Waals surface area contributed by atoms with Gasteiger partial charge in [-0.15, -0.1) is 0 Å². The number of nitrogens with zero attached hydrogens (tertiary/aromatic N) is 2. The maximum absolute atomic E-state index is 12.7. The number of amides is 1. The van der Waals surface area contributed by atoms with Crippen molar-refractivity contribution >= 4 is 23.2 Å². The van der Waals surface area contributed by atoms with E-state index in [1.807, 2.05) is 24.3 Å². The van der Waals surface area contributed by atoms with Gasteiger partial charge in [0.2, 0.25) is 0 Å². The van der Waals surface area contributed by atoms with Gasteiger partial charge in [-0.3, -0.25) is 9.59 Å². The largest absolute Gasteiger partial charge is 0.321 e. The number of rotatable bonds is 4. The van der Waals surface area contributed by atoms with Crippen molar-refractivity contribution in [2.45, 2.75) is 6.54 Å². The van der Waals surface area contributed by atoms with Gasteiger partial charge in [0.25, 0.3) is 11.5 Å². The highest BCUT2D eigenvalue weighted by Gasteiger charge is 2.14. The van der Waals surface area contributed by atoms with E-state index in [1.54, 1.807) is 42.6 Å². The van der Waals surface area contributed by atoms with Gasteiger partial charge in [-0.05, 0) is 35.9 Å². The molecule has 1 amide bonds. The SMILES string of the molecule is N#Cc1ccccc1NC(=O)c1cccn(Cc2ccccc2Cl)c1=O. The van der Waals surface area contributed by atoms with Crippen LogP contribution in [0.1, 0.15) is 21.5 Å². The van der Waals surface area contributed by atoms with Crippen molar-refractivity contribution < 1.29 is 4.79 Å². The number of anilines is 1. The summed E-state index contributed by atoms with van der Waals surface area (Å²) in [6.45, 7) is 0.258. The summed E-state index contributed by atoms with van der Waals surface area (Å²) in [6.07, 6.45) is 1.60. The maximum atomic E-state index is 12.7. The Kier molecular flexibility index (Phi) is 5.16. The van der Waals surface area contributed by atoms with E-state index in [9.17, 15) is 9.59 Å². The number of carbonyl (C=O) groups excluding carboxylic acids is 1. The van der Waals surface area contributed by atoms with Crippen molar-refractivity contribution in [3.05, 3.63) is 98.9 Å². The molecule has 2 aromatic carbocycles. The summed E-state index contributed by atoms with van der Waals surface area (Å²) in [5, 5.41) is 12.3. The Morgan fingerprint density at radius 3 is 2.58 bits per heavy atom. The van der Waals surface area contributed by atoms with Gasteiger partial charge < -0.3 is 9.88 Å². The average molecular weight is 364 g/mol. The lowest BCUT2D eigenvalue weighted by atomic mass is 10.1. The zero-order chi connectivity index (χ0) is 18.5. The molecule has 1 heterocycles. The van der Waals surface area contributed by atoms with E-state index >= 15 is 0 Å². The lowest BCUT2D eigenvalue weighted by molar-refractivity contribution is 0.102. The highest BCUT2D eigenvalue weighted by Crippen LogP contribution is 2.16. The third kappa shape index (κ3) is 3.66. The van der Waals surface area contributed by atoms with E-state index in [4.69, 9.17) is 16.9 Å². The Hall–Kier alpha value is -3.36. The number of para-hydroxylation sites is 1. The molecular formula is C20H14ClN3O2. The number of aromatic nitrogens is 1. The van der Waals surface area contributed by atoms with Crippen LogP contribution in [-0.2, 0) is 6.54 Å². The Morgan fingerprint density at radius 1 is 1.08 bits per heavy atom. The molecule has 3 aromatic rings. The Morgan fingerprint density at radius 2 is 1.81 bits per heavy atom. The number of benzene rings is 2. The van der Waals surface area contributed by atoms with Gasteiger partial charge in [0.15, 0.2) is 0 Å². The molecule has 26 heavy (non-hydrogen) atoms. The second-order valence-corrected chi connectivity index (χ2v) is 5.97. The van der Waals surface area contributed by atoms with E-state index in [1.165, 1.54) is 10.6 Å². The van der Waals surface area contributed by atoms with Crippen molar-refractivity contribution in [2.75, 3.05) is 5.32 Å². The second kappa shape index (κ2) is 7.68. The minimum atomic E-state index is -0.564. The first kappa shape index (κ1) is 17.5. The van der Waals surface area contributed by atoms with E-state index in [0.717, 1.165) is 5.56 Å². The van der Waals surface area contributed by atoms with Crippen LogP contribution in [0.3, 0.4) is 0 Å². The smallest absolute Gasteiger partial charge is 0.263 e. The zero-order valence-corrected chi connectivity index (χ0v) is 14.4. The van der Waals surface area contributed by atoms with Crippen LogP contribution in [0.2, 0.25) is 5.02 Å². The first-order valence-electron chi connectivity index (χ1n) is 7.83. The molecule has 1 N–H and O–H groups in total. The number of halogens is 1. The molecule has 0 unspecified atom stereocenters. The monoisotopic (exact) mass is 363 g/mol. The fourth-order valence-corrected chi connectivity index (χ4v) is 2.72. The fourth-order valence-electron chi connectivity index (χ4n) is 2.52.